The van der Waals surface area contributed by atoms with Crippen LogP contribution in [0.4, 0.5) is 0 Å². The fraction of sp³-hybridized carbons (Fsp3) is 1.00. The van der Waals surface area contributed by atoms with Gasteiger partial charge in [0.1, 0.15) is 0 Å². The van der Waals surface area contributed by atoms with E-state index in [-0.39, 0.29) is 12.2 Å². The van der Waals surface area contributed by atoms with Crippen molar-refractivity contribution in [1.29, 1.82) is 0 Å². The van der Waals surface area contributed by atoms with Gasteiger partial charge in [-0.2, -0.15) is 4.21 Å². The Morgan fingerprint density at radius 2 is 1.40 bits per heavy atom. The summed E-state index contributed by atoms with van der Waals surface area (Å²) in [7, 11) is -2.99. The highest BCUT2D eigenvalue weighted by atomic mass is 32.9. The van der Waals surface area contributed by atoms with Gasteiger partial charge in [-0.25, -0.2) is 0 Å². The van der Waals surface area contributed by atoms with Crippen LogP contribution in [0.25, 0.3) is 0 Å². The Kier molecular flexibility index (Phi) is 7.69. The molecule has 0 heterocycles. The van der Waals surface area contributed by atoms with Crippen LogP contribution in [0.5, 0.6) is 0 Å². The van der Waals surface area contributed by atoms with Crippen molar-refractivity contribution in [3.63, 3.8) is 0 Å². The van der Waals surface area contributed by atoms with E-state index in [4.69, 9.17) is 19.6 Å². The van der Waals surface area contributed by atoms with Crippen molar-refractivity contribution < 1.29 is 12.6 Å². The predicted molar refractivity (Wildman–Crippen MR) is 66.4 cm³/mol. The molecule has 0 saturated carbocycles. The van der Waals surface area contributed by atoms with Crippen molar-refractivity contribution in [2.24, 2.45) is 0 Å². The van der Waals surface area contributed by atoms with Gasteiger partial charge in [-0.15, -0.1) is 0 Å². The van der Waals surface area contributed by atoms with Crippen LogP contribution in [0.2, 0.25) is 0 Å². The molecule has 0 aromatic rings. The molecule has 0 saturated heterocycles. The third-order valence-corrected chi connectivity index (χ3v) is 3.55. The standard InChI is InChI=1S/C10H22O3S2/c1-5-7-9(3)12-15(11,14)13-10(4)8-6-2/h9-10H,5-8H2,1-4H3. The topological polar surface area (TPSA) is 35.5 Å². The molecule has 0 aromatic heterocycles. The molecule has 15 heavy (non-hydrogen) atoms. The molecule has 0 bridgehead atoms. The van der Waals surface area contributed by atoms with Crippen LogP contribution in [-0.4, -0.2) is 16.4 Å². The quantitative estimate of drug-likeness (QED) is 0.667. The van der Waals surface area contributed by atoms with Crippen LogP contribution in [0.15, 0.2) is 0 Å². The van der Waals surface area contributed by atoms with Gasteiger partial charge in [0.05, 0.1) is 12.2 Å². The summed E-state index contributed by atoms with van der Waals surface area (Å²) in [6.07, 6.45) is 3.45. The first-order valence-electron chi connectivity index (χ1n) is 5.52. The molecule has 0 aromatic carbocycles. The molecule has 0 N–H and O–H groups in total. The molecule has 0 aliphatic rings. The Morgan fingerprint density at radius 3 is 1.67 bits per heavy atom. The molecule has 0 fully saturated rings. The van der Waals surface area contributed by atoms with Crippen molar-refractivity contribution in [2.75, 3.05) is 0 Å². The summed E-state index contributed by atoms with van der Waals surface area (Å²) >= 11 is 4.81. The van der Waals surface area contributed by atoms with Gasteiger partial charge in [-0.1, -0.05) is 26.7 Å². The smallest absolute Gasteiger partial charge is 0.266 e. The monoisotopic (exact) mass is 254 g/mol. The Hall–Kier alpha value is 0.290. The average Bonchev–Trinajstić information content (AvgIpc) is 2.01. The molecular weight excluding hydrogens is 232 g/mol. The summed E-state index contributed by atoms with van der Waals surface area (Å²) in [6, 6.07) is 0. The van der Waals surface area contributed by atoms with Crippen LogP contribution < -0.4 is 0 Å². The summed E-state index contributed by atoms with van der Waals surface area (Å²) in [6.45, 7) is 7.82. The van der Waals surface area contributed by atoms with Crippen LogP contribution in [0.3, 0.4) is 0 Å². The van der Waals surface area contributed by atoms with Gasteiger partial charge in [0, 0.05) is 11.2 Å². The Bertz CT molecular complexity index is 229. The molecule has 5 heteroatoms. The van der Waals surface area contributed by atoms with Crippen molar-refractivity contribution in [2.45, 2.75) is 65.6 Å². The van der Waals surface area contributed by atoms with Crippen molar-refractivity contribution >= 4 is 20.2 Å². The van der Waals surface area contributed by atoms with Crippen molar-refractivity contribution in [1.82, 2.24) is 0 Å². The van der Waals surface area contributed by atoms with Crippen molar-refractivity contribution in [3.05, 3.63) is 0 Å². The highest BCUT2D eigenvalue weighted by molar-refractivity contribution is 8.27. The summed E-state index contributed by atoms with van der Waals surface area (Å²) in [5, 5.41) is 0. The molecule has 2 unspecified atom stereocenters. The van der Waals surface area contributed by atoms with Gasteiger partial charge in [0.15, 0.2) is 0 Å². The zero-order valence-corrected chi connectivity index (χ0v) is 11.7. The number of hydrogen-bond donors (Lipinski definition) is 0. The molecule has 0 spiro atoms. The Morgan fingerprint density at radius 1 is 1.07 bits per heavy atom. The lowest BCUT2D eigenvalue weighted by molar-refractivity contribution is 0.151. The SMILES string of the molecule is CCCC(C)OS(=O)(=S)OC(C)CCC. The highest BCUT2D eigenvalue weighted by Crippen LogP contribution is 2.12. The van der Waals surface area contributed by atoms with Gasteiger partial charge in [-0.3, -0.25) is 8.37 Å². The van der Waals surface area contributed by atoms with Gasteiger partial charge in [-0.05, 0) is 26.7 Å². The lowest BCUT2D eigenvalue weighted by Gasteiger charge is -2.17. The minimum atomic E-state index is -2.99. The van der Waals surface area contributed by atoms with Crippen LogP contribution in [0.1, 0.15) is 53.4 Å². The van der Waals surface area contributed by atoms with E-state index in [2.05, 4.69) is 0 Å². The summed E-state index contributed by atoms with van der Waals surface area (Å²) < 4.78 is 22.2. The lowest BCUT2D eigenvalue weighted by Crippen LogP contribution is -2.21. The van der Waals surface area contributed by atoms with Crippen LogP contribution >= 0.6 is 0 Å². The first-order chi connectivity index (χ1) is 6.91. The second kappa shape index (κ2) is 7.54. The van der Waals surface area contributed by atoms with Gasteiger partial charge in [0.2, 0.25) is 0 Å². The first-order valence-corrected chi connectivity index (χ1v) is 7.86. The maximum Gasteiger partial charge on any atom is 0.269 e. The Labute approximate surface area is 98.6 Å². The molecule has 0 amide bonds. The van der Waals surface area contributed by atoms with E-state index in [1.165, 1.54) is 0 Å². The fourth-order valence-corrected chi connectivity index (χ4v) is 3.18. The van der Waals surface area contributed by atoms with Crippen LogP contribution in [0, 0.1) is 0 Å². The van der Waals surface area contributed by atoms with Gasteiger partial charge >= 0.3 is 0 Å². The van der Waals surface area contributed by atoms with E-state index in [1.807, 2.05) is 27.7 Å². The van der Waals surface area contributed by atoms with Gasteiger partial charge < -0.3 is 0 Å². The van der Waals surface area contributed by atoms with E-state index >= 15 is 0 Å². The first kappa shape index (κ1) is 15.3. The lowest BCUT2D eigenvalue weighted by atomic mass is 10.2. The van der Waals surface area contributed by atoms with E-state index in [0.717, 1.165) is 25.7 Å². The third kappa shape index (κ3) is 8.13. The highest BCUT2D eigenvalue weighted by Gasteiger charge is 2.15. The minimum Gasteiger partial charge on any atom is -0.266 e. The van der Waals surface area contributed by atoms with E-state index in [1.54, 1.807) is 0 Å². The fourth-order valence-electron chi connectivity index (χ4n) is 1.33. The summed E-state index contributed by atoms with van der Waals surface area (Å²) in [5.41, 5.74) is 0. The molecule has 92 valence electrons. The average molecular weight is 254 g/mol. The van der Waals surface area contributed by atoms with E-state index in [9.17, 15) is 4.21 Å². The maximum atomic E-state index is 11.7. The second-order valence-corrected chi connectivity index (χ2v) is 6.23. The third-order valence-electron chi connectivity index (χ3n) is 1.95. The number of rotatable bonds is 8. The molecule has 3 nitrogen and oxygen atoms in total. The normalized spacial score (nSPS) is 19.5. The second-order valence-electron chi connectivity index (χ2n) is 3.80. The summed E-state index contributed by atoms with van der Waals surface area (Å²) in [4.78, 5) is 0. The van der Waals surface area contributed by atoms with Crippen molar-refractivity contribution in [3.8, 4) is 0 Å². The zero-order valence-electron chi connectivity index (χ0n) is 10.0. The molecule has 0 aliphatic carbocycles. The van der Waals surface area contributed by atoms with E-state index < -0.39 is 9.05 Å². The molecule has 0 rings (SSSR count). The van der Waals surface area contributed by atoms with E-state index in [0.29, 0.717) is 0 Å². The largest absolute Gasteiger partial charge is 0.269 e. The van der Waals surface area contributed by atoms with Gasteiger partial charge in [0.25, 0.3) is 9.05 Å². The predicted octanol–water partition coefficient (Wildman–Crippen LogP) is 2.97. The number of hydrogen-bond acceptors (Lipinski definition) is 4. The Balaban J connectivity index is 4.07. The molecular formula is C10H22O3S2. The molecule has 2 atom stereocenters. The zero-order chi connectivity index (χ0) is 11.9. The molecule has 0 radical (unpaired) electrons. The maximum absolute atomic E-state index is 11.7. The van der Waals surface area contributed by atoms with Crippen LogP contribution in [-0.2, 0) is 28.6 Å². The molecule has 0 aliphatic heterocycles. The summed E-state index contributed by atoms with van der Waals surface area (Å²) in [5.74, 6) is 0. The minimum absolute atomic E-state index is 0.103.